The third-order valence-electron chi connectivity index (χ3n) is 3.97. The van der Waals surface area contributed by atoms with Gasteiger partial charge in [0, 0.05) is 17.6 Å². The summed E-state index contributed by atoms with van der Waals surface area (Å²) >= 11 is 0. The van der Waals surface area contributed by atoms with Crippen molar-refractivity contribution in [3.05, 3.63) is 29.1 Å². The maximum atomic E-state index is 14.0. The third kappa shape index (κ3) is 4.25. The molecule has 0 heterocycles. The monoisotopic (exact) mass is 316 g/mol. The smallest absolute Gasteiger partial charge is 0.241 e. The number of benzene rings is 1. The van der Waals surface area contributed by atoms with E-state index in [0.29, 0.717) is 24.9 Å². The lowest BCUT2D eigenvalue weighted by Crippen LogP contribution is -2.45. The van der Waals surface area contributed by atoms with Crippen molar-refractivity contribution in [1.82, 2.24) is 10.0 Å². The van der Waals surface area contributed by atoms with Crippen molar-refractivity contribution in [2.45, 2.75) is 57.5 Å². The normalized spacial score (nSPS) is 12.7. The van der Waals surface area contributed by atoms with Crippen molar-refractivity contribution in [3.63, 3.8) is 0 Å². The molecule has 1 rings (SSSR count). The zero-order valence-corrected chi connectivity index (χ0v) is 14.2. The average Bonchev–Trinajstić information content (AvgIpc) is 2.42. The summed E-state index contributed by atoms with van der Waals surface area (Å²) < 4.78 is 41.9. The van der Waals surface area contributed by atoms with Crippen LogP contribution in [-0.4, -0.2) is 21.0 Å². The summed E-state index contributed by atoms with van der Waals surface area (Å²) in [5.41, 5.74) is 0.230. The predicted octanol–water partition coefficient (Wildman–Crippen LogP) is 2.71. The molecule has 4 nitrogen and oxygen atoms in total. The average molecular weight is 316 g/mol. The molecule has 2 N–H and O–H groups in total. The lowest BCUT2D eigenvalue weighted by molar-refractivity contribution is 0.388. The van der Waals surface area contributed by atoms with Crippen LogP contribution in [0.25, 0.3) is 0 Å². The minimum Gasteiger partial charge on any atom is -0.316 e. The van der Waals surface area contributed by atoms with Crippen molar-refractivity contribution in [2.24, 2.45) is 0 Å². The maximum absolute atomic E-state index is 14.0. The lowest BCUT2D eigenvalue weighted by Gasteiger charge is -2.28. The van der Waals surface area contributed by atoms with Crippen molar-refractivity contribution in [1.29, 1.82) is 0 Å². The number of halogens is 1. The number of rotatable bonds is 7. The van der Waals surface area contributed by atoms with Crippen molar-refractivity contribution < 1.29 is 12.8 Å². The quantitative estimate of drug-likeness (QED) is 0.813. The van der Waals surface area contributed by atoms with Gasteiger partial charge in [-0.2, -0.15) is 0 Å². The molecular formula is C15H25FN2O2S. The highest BCUT2D eigenvalue weighted by molar-refractivity contribution is 7.89. The zero-order chi connectivity index (χ0) is 16.3. The minimum absolute atomic E-state index is 0.0147. The highest BCUT2D eigenvalue weighted by Gasteiger charge is 2.29. The Morgan fingerprint density at radius 2 is 1.81 bits per heavy atom. The van der Waals surface area contributed by atoms with E-state index < -0.39 is 21.4 Å². The van der Waals surface area contributed by atoms with Gasteiger partial charge in [0.2, 0.25) is 10.0 Å². The van der Waals surface area contributed by atoms with E-state index in [1.165, 1.54) is 19.1 Å². The molecule has 0 radical (unpaired) electrons. The zero-order valence-electron chi connectivity index (χ0n) is 13.4. The van der Waals surface area contributed by atoms with E-state index in [1.54, 1.807) is 7.05 Å². The first-order valence-corrected chi connectivity index (χ1v) is 8.65. The number of sulfonamides is 1. The Labute approximate surface area is 127 Å². The van der Waals surface area contributed by atoms with Crippen LogP contribution in [0.2, 0.25) is 0 Å². The summed E-state index contributed by atoms with van der Waals surface area (Å²) in [6, 6.07) is 2.90. The van der Waals surface area contributed by atoms with Gasteiger partial charge in [0.05, 0.1) is 4.90 Å². The first-order valence-electron chi connectivity index (χ1n) is 7.16. The van der Waals surface area contributed by atoms with Crippen LogP contribution in [0, 0.1) is 12.7 Å². The van der Waals surface area contributed by atoms with E-state index in [-0.39, 0.29) is 10.5 Å². The molecule has 0 aliphatic carbocycles. The van der Waals surface area contributed by atoms with E-state index in [9.17, 15) is 12.8 Å². The van der Waals surface area contributed by atoms with Crippen molar-refractivity contribution >= 4 is 10.0 Å². The Bertz CT molecular complexity index is 596. The minimum atomic E-state index is -3.75. The molecule has 0 atom stereocenters. The number of hydrogen-bond donors (Lipinski definition) is 2. The summed E-state index contributed by atoms with van der Waals surface area (Å²) in [5.74, 6) is -0.502. The fraction of sp³-hybridized carbons (Fsp3) is 0.600. The molecule has 0 unspecified atom stereocenters. The van der Waals surface area contributed by atoms with Gasteiger partial charge in [-0.25, -0.2) is 17.5 Å². The van der Waals surface area contributed by atoms with Gasteiger partial charge >= 0.3 is 0 Å². The molecule has 0 amide bonds. The fourth-order valence-electron chi connectivity index (χ4n) is 2.07. The Balaban J connectivity index is 3.31. The molecule has 0 bridgehead atoms. The van der Waals surface area contributed by atoms with Crippen LogP contribution in [0.15, 0.2) is 17.0 Å². The summed E-state index contributed by atoms with van der Waals surface area (Å²) in [5, 5.41) is 2.90. The van der Waals surface area contributed by atoms with Gasteiger partial charge in [0.1, 0.15) is 5.82 Å². The van der Waals surface area contributed by atoms with Gasteiger partial charge < -0.3 is 5.32 Å². The second-order valence-electron chi connectivity index (χ2n) is 5.60. The van der Waals surface area contributed by atoms with Crippen molar-refractivity contribution in [2.75, 3.05) is 7.05 Å². The van der Waals surface area contributed by atoms with E-state index in [0.717, 1.165) is 0 Å². The molecule has 0 aromatic heterocycles. The molecule has 21 heavy (non-hydrogen) atoms. The maximum Gasteiger partial charge on any atom is 0.241 e. The van der Waals surface area contributed by atoms with Gasteiger partial charge in [0.25, 0.3) is 0 Å². The van der Waals surface area contributed by atoms with Crippen LogP contribution in [0.3, 0.4) is 0 Å². The first kappa shape index (κ1) is 18.1. The Hall–Kier alpha value is -0.980. The highest BCUT2D eigenvalue weighted by Crippen LogP contribution is 2.24. The summed E-state index contributed by atoms with van der Waals surface area (Å²) in [6.45, 7) is 7.61. The molecule has 0 saturated carbocycles. The molecule has 0 aliphatic rings. The molecular weight excluding hydrogens is 291 g/mol. The van der Waals surface area contributed by atoms with Crippen LogP contribution in [0.4, 0.5) is 4.39 Å². The van der Waals surface area contributed by atoms with Crippen LogP contribution in [-0.2, 0) is 16.6 Å². The van der Waals surface area contributed by atoms with Gasteiger partial charge in [-0.05, 0) is 51.4 Å². The van der Waals surface area contributed by atoms with Gasteiger partial charge in [-0.3, -0.25) is 0 Å². The first-order chi connectivity index (χ1) is 9.69. The second-order valence-corrected chi connectivity index (χ2v) is 7.26. The Kier molecular flexibility index (Phi) is 5.90. The van der Waals surface area contributed by atoms with Crippen LogP contribution < -0.4 is 10.0 Å². The number of hydrogen-bond acceptors (Lipinski definition) is 3. The largest absolute Gasteiger partial charge is 0.316 e. The Morgan fingerprint density at radius 3 is 2.29 bits per heavy atom. The molecule has 0 spiro atoms. The molecule has 120 valence electrons. The van der Waals surface area contributed by atoms with Gasteiger partial charge in [-0.15, -0.1) is 0 Å². The third-order valence-corrected chi connectivity index (χ3v) is 5.73. The SMILES string of the molecule is CCC(C)(CC)NS(=O)(=O)c1cc(CNC)cc(F)c1C. The van der Waals surface area contributed by atoms with Crippen LogP contribution in [0.5, 0.6) is 0 Å². The lowest BCUT2D eigenvalue weighted by atomic mass is 9.98. The molecule has 0 saturated heterocycles. The van der Waals surface area contributed by atoms with Gasteiger partial charge in [-0.1, -0.05) is 13.8 Å². The standard InChI is InChI=1S/C15H25FN2O2S/c1-6-15(4,7-2)18-21(19,20)14-9-12(10-17-5)8-13(16)11(14)3/h8-9,17-18H,6-7,10H2,1-5H3. The fourth-order valence-corrected chi connectivity index (χ4v) is 3.92. The molecule has 0 aliphatic heterocycles. The summed E-state index contributed by atoms with van der Waals surface area (Å²) in [7, 11) is -2.02. The van der Waals surface area contributed by atoms with Crippen molar-refractivity contribution in [3.8, 4) is 0 Å². The molecule has 0 fully saturated rings. The van der Waals surface area contributed by atoms with E-state index >= 15 is 0 Å². The summed E-state index contributed by atoms with van der Waals surface area (Å²) in [4.78, 5) is 0.0147. The highest BCUT2D eigenvalue weighted by atomic mass is 32.2. The van der Waals surface area contributed by atoms with E-state index in [1.807, 2.05) is 20.8 Å². The predicted molar refractivity (Wildman–Crippen MR) is 83.2 cm³/mol. The Morgan fingerprint density at radius 1 is 1.24 bits per heavy atom. The second kappa shape index (κ2) is 6.85. The van der Waals surface area contributed by atoms with E-state index in [4.69, 9.17) is 0 Å². The van der Waals surface area contributed by atoms with Crippen LogP contribution >= 0.6 is 0 Å². The van der Waals surface area contributed by atoms with Gasteiger partial charge in [0.15, 0.2) is 0 Å². The number of nitrogens with one attached hydrogen (secondary N) is 2. The molecule has 6 heteroatoms. The molecule has 1 aromatic carbocycles. The van der Waals surface area contributed by atoms with E-state index in [2.05, 4.69) is 10.0 Å². The summed E-state index contributed by atoms with van der Waals surface area (Å²) in [6.07, 6.45) is 1.33. The van der Waals surface area contributed by atoms with Crippen LogP contribution in [0.1, 0.15) is 44.7 Å². The molecule has 1 aromatic rings. The topological polar surface area (TPSA) is 58.2 Å².